The Morgan fingerprint density at radius 1 is 0.526 bits per heavy atom. The summed E-state index contributed by atoms with van der Waals surface area (Å²) in [6.45, 7) is 0. The smallest absolute Gasteiger partial charge is 0.104 e. The lowest BCUT2D eigenvalue weighted by atomic mass is 9.94. The molecular weight excluding hydrogens is 501 g/mol. The van der Waals surface area contributed by atoms with E-state index >= 15 is 0 Å². The van der Waals surface area contributed by atoms with Gasteiger partial charge in [0.15, 0.2) is 0 Å². The van der Waals surface area contributed by atoms with Crippen LogP contribution in [0.4, 0.5) is 0 Å². The van der Waals surface area contributed by atoms with Gasteiger partial charge in [-0.15, -0.1) is 23.5 Å². The highest BCUT2D eigenvalue weighted by atomic mass is 32.2. The van der Waals surface area contributed by atoms with Crippen LogP contribution < -0.4 is 0 Å². The van der Waals surface area contributed by atoms with Crippen LogP contribution in [0.1, 0.15) is 17.2 Å². The van der Waals surface area contributed by atoms with Crippen LogP contribution in [0.25, 0.3) is 32.7 Å². The summed E-state index contributed by atoms with van der Waals surface area (Å²) in [5, 5.41) is 17.2. The third-order valence-corrected chi connectivity index (χ3v) is 10.5. The number of benzene rings is 6. The van der Waals surface area contributed by atoms with Crippen molar-refractivity contribution in [1.82, 2.24) is 0 Å². The highest BCUT2D eigenvalue weighted by molar-refractivity contribution is 8.18. The number of thioether (sulfide) groups is 2. The molecule has 3 heteroatoms. The molecule has 7 rings (SSSR count). The first kappa shape index (κ1) is 23.6. The van der Waals surface area contributed by atoms with Crippen LogP contribution in [0.2, 0.25) is 0 Å². The average Bonchev–Trinajstić information content (AvgIpc) is 3.13. The topological polar surface area (TPSA) is 20.2 Å². The van der Waals surface area contributed by atoms with Gasteiger partial charge in [0.25, 0.3) is 0 Å². The van der Waals surface area contributed by atoms with Gasteiger partial charge in [0.2, 0.25) is 0 Å². The highest BCUT2D eigenvalue weighted by Crippen LogP contribution is 2.61. The molecule has 1 aliphatic heterocycles. The molecule has 0 saturated carbocycles. The molecule has 38 heavy (non-hydrogen) atoms. The second kappa shape index (κ2) is 9.67. The lowest BCUT2D eigenvalue weighted by molar-refractivity contribution is 0.163. The van der Waals surface area contributed by atoms with E-state index in [0.717, 1.165) is 12.0 Å². The van der Waals surface area contributed by atoms with Crippen LogP contribution in [0.15, 0.2) is 143 Å². The Balaban J connectivity index is 1.55. The van der Waals surface area contributed by atoms with Gasteiger partial charge in [-0.25, -0.2) is 0 Å². The zero-order chi connectivity index (χ0) is 25.5. The van der Waals surface area contributed by atoms with E-state index < -0.39 is 10.2 Å². The van der Waals surface area contributed by atoms with Gasteiger partial charge >= 0.3 is 0 Å². The predicted molar refractivity (Wildman–Crippen MR) is 163 cm³/mol. The summed E-state index contributed by atoms with van der Waals surface area (Å²) in [5.74, 6) is 0. The summed E-state index contributed by atoms with van der Waals surface area (Å²) >= 11 is 3.63. The van der Waals surface area contributed by atoms with Crippen molar-refractivity contribution in [3.05, 3.63) is 145 Å². The van der Waals surface area contributed by atoms with Crippen LogP contribution in [0.3, 0.4) is 0 Å². The molecule has 184 valence electrons. The summed E-state index contributed by atoms with van der Waals surface area (Å²) in [6.07, 6.45) is 0.0354. The molecule has 0 bridgehead atoms. The molecule has 6 aromatic carbocycles. The number of rotatable bonds is 4. The van der Waals surface area contributed by atoms with Crippen LogP contribution in [-0.2, 0) is 6.42 Å². The van der Waals surface area contributed by atoms with E-state index in [0.29, 0.717) is 0 Å². The molecule has 0 unspecified atom stereocenters. The fraction of sp³-hybridized carbons (Fsp3) is 0.0857. The van der Waals surface area contributed by atoms with Crippen molar-refractivity contribution in [3.8, 4) is 11.1 Å². The van der Waals surface area contributed by atoms with Gasteiger partial charge in [-0.05, 0) is 51.2 Å². The van der Waals surface area contributed by atoms with E-state index in [1.54, 1.807) is 0 Å². The molecule has 0 saturated heterocycles. The summed E-state index contributed by atoms with van der Waals surface area (Å²) in [4.78, 5) is 2.41. The van der Waals surface area contributed by atoms with E-state index in [9.17, 15) is 5.11 Å². The molecule has 1 nitrogen and oxygen atoms in total. The molecular formula is C35H26OS2. The fourth-order valence-electron chi connectivity index (χ4n) is 5.63. The molecule has 0 amide bonds. The molecule has 1 heterocycles. The van der Waals surface area contributed by atoms with Gasteiger partial charge in [-0.1, -0.05) is 121 Å². The SMILES string of the molecule is O[C@@H](c1ccccc1)C1(Cc2ccccc2)Sc2ccc3ccccc3c2-c2c(ccc3ccccc23)S1. The molecule has 0 spiro atoms. The maximum absolute atomic E-state index is 12.2. The minimum absolute atomic E-state index is 0.576. The summed E-state index contributed by atoms with van der Waals surface area (Å²) < 4.78 is -0.576. The summed E-state index contributed by atoms with van der Waals surface area (Å²) in [7, 11) is 0. The van der Waals surface area contributed by atoms with Gasteiger partial charge in [0.1, 0.15) is 10.2 Å². The molecule has 1 atom stereocenters. The van der Waals surface area contributed by atoms with Gasteiger partial charge < -0.3 is 5.11 Å². The minimum Gasteiger partial charge on any atom is -0.386 e. The van der Waals surface area contributed by atoms with Crippen molar-refractivity contribution in [1.29, 1.82) is 0 Å². The highest BCUT2D eigenvalue weighted by Gasteiger charge is 2.44. The first-order valence-electron chi connectivity index (χ1n) is 12.9. The Hall–Kier alpha value is -3.50. The molecule has 0 radical (unpaired) electrons. The Kier molecular flexibility index (Phi) is 6.01. The number of aliphatic hydroxyl groups excluding tert-OH is 1. The lowest BCUT2D eigenvalue weighted by Crippen LogP contribution is -2.32. The summed E-state index contributed by atoms with van der Waals surface area (Å²) in [6, 6.07) is 47.0. The normalized spacial score (nSPS) is 15.0. The second-order valence-electron chi connectivity index (χ2n) is 9.81. The third-order valence-electron chi connectivity index (χ3n) is 7.42. The van der Waals surface area contributed by atoms with Crippen molar-refractivity contribution in [2.24, 2.45) is 0 Å². The van der Waals surface area contributed by atoms with E-state index in [2.05, 4.69) is 103 Å². The first-order valence-corrected chi connectivity index (χ1v) is 14.5. The predicted octanol–water partition coefficient (Wildman–Crippen LogP) is 9.53. The minimum atomic E-state index is -0.685. The zero-order valence-electron chi connectivity index (χ0n) is 20.7. The maximum Gasteiger partial charge on any atom is 0.104 e. The third kappa shape index (κ3) is 4.03. The van der Waals surface area contributed by atoms with E-state index in [1.165, 1.54) is 48.0 Å². The Bertz CT molecular complexity index is 1670. The van der Waals surface area contributed by atoms with Crippen molar-refractivity contribution < 1.29 is 5.11 Å². The fourth-order valence-corrected chi connectivity index (χ4v) is 8.96. The van der Waals surface area contributed by atoms with E-state index in [-0.39, 0.29) is 0 Å². The number of hydrogen-bond donors (Lipinski definition) is 1. The van der Waals surface area contributed by atoms with Crippen LogP contribution >= 0.6 is 23.5 Å². The summed E-state index contributed by atoms with van der Waals surface area (Å²) in [5.41, 5.74) is 4.69. The van der Waals surface area contributed by atoms with Crippen LogP contribution in [0.5, 0.6) is 0 Å². The van der Waals surface area contributed by atoms with Gasteiger partial charge in [-0.3, -0.25) is 0 Å². The molecule has 1 N–H and O–H groups in total. The van der Waals surface area contributed by atoms with Gasteiger partial charge in [0, 0.05) is 20.9 Å². The lowest BCUT2D eigenvalue weighted by Gasteiger charge is -2.37. The van der Waals surface area contributed by atoms with Crippen molar-refractivity contribution in [2.75, 3.05) is 0 Å². The molecule has 0 aliphatic carbocycles. The van der Waals surface area contributed by atoms with Gasteiger partial charge in [-0.2, -0.15) is 0 Å². The monoisotopic (exact) mass is 526 g/mol. The standard InChI is InChI=1S/C35H26OS2/c36-34(27-15-5-2-6-16-27)35(23-24-11-3-1-4-12-24)37-30-21-19-25-13-7-9-17-28(25)32(30)33-29-18-10-8-14-26(29)20-22-31(33)38-35/h1-22,34,36H,23H2/t34-/m0/s1. The quantitative estimate of drug-likeness (QED) is 0.247. The number of hydrogen-bond acceptors (Lipinski definition) is 3. The van der Waals surface area contributed by atoms with Crippen molar-refractivity contribution in [2.45, 2.75) is 26.4 Å². The van der Waals surface area contributed by atoms with E-state index in [1.807, 2.05) is 53.9 Å². The second-order valence-corrected chi connectivity index (χ2v) is 12.8. The molecule has 6 aromatic rings. The largest absolute Gasteiger partial charge is 0.386 e. The zero-order valence-corrected chi connectivity index (χ0v) is 22.4. The van der Waals surface area contributed by atoms with Gasteiger partial charge in [0.05, 0.1) is 0 Å². The molecule has 0 fully saturated rings. The Labute approximate surface area is 231 Å². The average molecular weight is 527 g/mol. The number of fused-ring (bicyclic) bond motifs is 7. The van der Waals surface area contributed by atoms with E-state index in [4.69, 9.17) is 0 Å². The Morgan fingerprint density at radius 2 is 1.00 bits per heavy atom. The van der Waals surface area contributed by atoms with Crippen molar-refractivity contribution >= 4 is 45.1 Å². The first-order chi connectivity index (χ1) is 18.7. The molecule has 1 aliphatic rings. The maximum atomic E-state index is 12.2. The van der Waals surface area contributed by atoms with Crippen molar-refractivity contribution in [3.63, 3.8) is 0 Å². The molecule has 0 aromatic heterocycles. The van der Waals surface area contributed by atoms with Crippen LogP contribution in [0, 0.1) is 0 Å². The van der Waals surface area contributed by atoms with Crippen LogP contribution in [-0.4, -0.2) is 9.19 Å². The number of aliphatic hydroxyl groups is 1. The Morgan fingerprint density at radius 3 is 1.55 bits per heavy atom.